The van der Waals surface area contributed by atoms with Crippen molar-refractivity contribution in [3.8, 4) is 0 Å². The summed E-state index contributed by atoms with van der Waals surface area (Å²) in [7, 11) is 0. The molecule has 0 spiro atoms. The van der Waals surface area contributed by atoms with Gasteiger partial charge in [-0.05, 0) is 37.1 Å². The molecule has 0 aromatic heterocycles. The van der Waals surface area contributed by atoms with Crippen LogP contribution in [-0.4, -0.2) is 19.1 Å². The van der Waals surface area contributed by atoms with Crippen LogP contribution in [0.2, 0.25) is 0 Å². The van der Waals surface area contributed by atoms with Crippen molar-refractivity contribution in [1.82, 2.24) is 5.32 Å². The van der Waals surface area contributed by atoms with Crippen LogP contribution < -0.4 is 5.32 Å². The molecule has 1 aromatic carbocycles. The van der Waals surface area contributed by atoms with Gasteiger partial charge in [0.05, 0.1) is 5.92 Å². The fraction of sp³-hybridized carbons (Fsp3) is 0.462. The van der Waals surface area contributed by atoms with Crippen molar-refractivity contribution < 1.29 is 9.53 Å². The minimum absolute atomic E-state index is 0.0240. The number of ether oxygens (including phenoxy) is 1. The van der Waals surface area contributed by atoms with Crippen molar-refractivity contribution >= 4 is 21.9 Å². The summed E-state index contributed by atoms with van der Waals surface area (Å²) in [6.07, 6.45) is 1.99. The molecular weight excluding hydrogens is 282 g/mol. The zero-order valence-electron chi connectivity index (χ0n) is 9.62. The molecule has 1 aliphatic rings. The predicted octanol–water partition coefficient (Wildman–Crippen LogP) is 2.49. The Kier molecular flexibility index (Phi) is 4.57. The first-order chi connectivity index (χ1) is 8.25. The van der Waals surface area contributed by atoms with E-state index >= 15 is 0 Å². The van der Waals surface area contributed by atoms with Crippen molar-refractivity contribution in [2.75, 3.05) is 13.1 Å². The standard InChI is InChI=1S/C13H16BrNO2/c14-12-5-1-3-10(7-12)9-17-13(16)11-4-2-6-15-8-11/h1,3,5,7,11,15H,2,4,6,8-9H2. The number of benzene rings is 1. The van der Waals surface area contributed by atoms with Gasteiger partial charge in [0.15, 0.2) is 0 Å². The maximum Gasteiger partial charge on any atom is 0.310 e. The molecule has 1 aromatic rings. The molecular formula is C13H16BrNO2. The van der Waals surface area contributed by atoms with Crippen LogP contribution in [0, 0.1) is 5.92 Å². The van der Waals surface area contributed by atoms with Gasteiger partial charge in [0, 0.05) is 11.0 Å². The van der Waals surface area contributed by atoms with Crippen LogP contribution in [0.5, 0.6) is 0 Å². The molecule has 0 saturated carbocycles. The molecule has 1 heterocycles. The maximum atomic E-state index is 11.8. The summed E-state index contributed by atoms with van der Waals surface area (Å²) in [4.78, 5) is 11.8. The van der Waals surface area contributed by atoms with Crippen molar-refractivity contribution in [3.05, 3.63) is 34.3 Å². The van der Waals surface area contributed by atoms with Gasteiger partial charge in [0.2, 0.25) is 0 Å². The molecule has 0 amide bonds. The molecule has 1 fully saturated rings. The Morgan fingerprint density at radius 3 is 3.12 bits per heavy atom. The van der Waals surface area contributed by atoms with Crippen molar-refractivity contribution in [3.63, 3.8) is 0 Å². The van der Waals surface area contributed by atoms with Crippen LogP contribution in [0.3, 0.4) is 0 Å². The van der Waals surface area contributed by atoms with E-state index in [0.717, 1.165) is 36.0 Å². The molecule has 0 aliphatic carbocycles. The summed E-state index contributed by atoms with van der Waals surface area (Å²) >= 11 is 3.40. The second-order valence-corrected chi connectivity index (χ2v) is 5.20. The van der Waals surface area contributed by atoms with Gasteiger partial charge < -0.3 is 10.1 Å². The predicted molar refractivity (Wildman–Crippen MR) is 69.5 cm³/mol. The molecule has 0 radical (unpaired) electrons. The lowest BCUT2D eigenvalue weighted by Crippen LogP contribution is -2.35. The van der Waals surface area contributed by atoms with Gasteiger partial charge in [-0.25, -0.2) is 0 Å². The Morgan fingerprint density at radius 1 is 1.53 bits per heavy atom. The zero-order valence-corrected chi connectivity index (χ0v) is 11.2. The third-order valence-electron chi connectivity index (χ3n) is 2.90. The maximum absolute atomic E-state index is 11.8. The summed E-state index contributed by atoms with van der Waals surface area (Å²) in [5.41, 5.74) is 1.01. The number of hydrogen-bond acceptors (Lipinski definition) is 3. The molecule has 1 unspecified atom stereocenters. The lowest BCUT2D eigenvalue weighted by Gasteiger charge is -2.21. The number of piperidine rings is 1. The monoisotopic (exact) mass is 297 g/mol. The average Bonchev–Trinajstić information content (AvgIpc) is 2.37. The highest BCUT2D eigenvalue weighted by molar-refractivity contribution is 9.10. The van der Waals surface area contributed by atoms with Gasteiger partial charge >= 0.3 is 5.97 Å². The van der Waals surface area contributed by atoms with Crippen LogP contribution in [0.15, 0.2) is 28.7 Å². The Bertz CT molecular complexity index is 389. The number of carbonyl (C=O) groups excluding carboxylic acids is 1. The average molecular weight is 298 g/mol. The minimum atomic E-state index is -0.0859. The summed E-state index contributed by atoms with van der Waals surface area (Å²) in [6, 6.07) is 7.81. The third kappa shape index (κ3) is 3.82. The second kappa shape index (κ2) is 6.17. The van der Waals surface area contributed by atoms with E-state index in [1.807, 2.05) is 24.3 Å². The number of hydrogen-bond donors (Lipinski definition) is 1. The topological polar surface area (TPSA) is 38.3 Å². The zero-order chi connectivity index (χ0) is 12.1. The van der Waals surface area contributed by atoms with E-state index in [0.29, 0.717) is 6.61 Å². The minimum Gasteiger partial charge on any atom is -0.461 e. The van der Waals surface area contributed by atoms with Gasteiger partial charge in [-0.2, -0.15) is 0 Å². The molecule has 17 heavy (non-hydrogen) atoms. The van der Waals surface area contributed by atoms with Crippen LogP contribution in [0.1, 0.15) is 18.4 Å². The van der Waals surface area contributed by atoms with E-state index in [1.54, 1.807) is 0 Å². The van der Waals surface area contributed by atoms with Crippen LogP contribution in [0.25, 0.3) is 0 Å². The fourth-order valence-electron chi connectivity index (χ4n) is 1.95. The SMILES string of the molecule is O=C(OCc1cccc(Br)c1)C1CCCNC1. The number of nitrogens with one attached hydrogen (secondary N) is 1. The first kappa shape index (κ1) is 12.6. The summed E-state index contributed by atoms with van der Waals surface area (Å²) in [5, 5.41) is 3.21. The Hall–Kier alpha value is -0.870. The largest absolute Gasteiger partial charge is 0.461 e. The molecule has 1 atom stereocenters. The van der Waals surface area contributed by atoms with Gasteiger partial charge in [-0.3, -0.25) is 4.79 Å². The van der Waals surface area contributed by atoms with Crippen molar-refractivity contribution in [1.29, 1.82) is 0 Å². The first-order valence-electron chi connectivity index (χ1n) is 5.87. The molecule has 3 nitrogen and oxygen atoms in total. The Morgan fingerprint density at radius 2 is 2.41 bits per heavy atom. The fourth-order valence-corrected chi connectivity index (χ4v) is 2.40. The highest BCUT2D eigenvalue weighted by Gasteiger charge is 2.22. The summed E-state index contributed by atoms with van der Waals surface area (Å²) in [5.74, 6) is -0.0620. The Labute approximate surface area is 110 Å². The lowest BCUT2D eigenvalue weighted by atomic mass is 10.0. The summed E-state index contributed by atoms with van der Waals surface area (Å²) in [6.45, 7) is 2.11. The molecule has 1 saturated heterocycles. The highest BCUT2D eigenvalue weighted by Crippen LogP contribution is 2.15. The molecule has 92 valence electrons. The third-order valence-corrected chi connectivity index (χ3v) is 3.39. The van der Waals surface area contributed by atoms with E-state index < -0.39 is 0 Å². The van der Waals surface area contributed by atoms with Crippen LogP contribution >= 0.6 is 15.9 Å². The van der Waals surface area contributed by atoms with Gasteiger partial charge in [-0.1, -0.05) is 28.1 Å². The molecule has 1 aliphatic heterocycles. The van der Waals surface area contributed by atoms with E-state index in [2.05, 4.69) is 21.2 Å². The van der Waals surface area contributed by atoms with Gasteiger partial charge in [-0.15, -0.1) is 0 Å². The van der Waals surface area contributed by atoms with E-state index in [4.69, 9.17) is 4.74 Å². The number of esters is 1. The number of halogens is 1. The lowest BCUT2D eigenvalue weighted by molar-refractivity contribution is -0.150. The molecule has 4 heteroatoms. The number of carbonyl (C=O) groups is 1. The summed E-state index contributed by atoms with van der Waals surface area (Å²) < 4.78 is 6.33. The first-order valence-corrected chi connectivity index (χ1v) is 6.67. The van der Waals surface area contributed by atoms with E-state index in [9.17, 15) is 4.79 Å². The van der Waals surface area contributed by atoms with Crippen molar-refractivity contribution in [2.24, 2.45) is 5.92 Å². The quantitative estimate of drug-likeness (QED) is 0.871. The van der Waals surface area contributed by atoms with E-state index in [1.165, 1.54) is 0 Å². The highest BCUT2D eigenvalue weighted by atomic mass is 79.9. The van der Waals surface area contributed by atoms with Gasteiger partial charge in [0.25, 0.3) is 0 Å². The van der Waals surface area contributed by atoms with Crippen LogP contribution in [0.4, 0.5) is 0 Å². The molecule has 2 rings (SSSR count). The molecule has 1 N–H and O–H groups in total. The number of rotatable bonds is 3. The van der Waals surface area contributed by atoms with Crippen molar-refractivity contribution in [2.45, 2.75) is 19.4 Å². The Balaban J connectivity index is 1.83. The van der Waals surface area contributed by atoms with Gasteiger partial charge in [0.1, 0.15) is 6.61 Å². The second-order valence-electron chi connectivity index (χ2n) is 4.28. The van der Waals surface area contributed by atoms with E-state index in [-0.39, 0.29) is 11.9 Å². The normalized spacial score (nSPS) is 19.9. The smallest absolute Gasteiger partial charge is 0.310 e. The molecule has 0 bridgehead atoms. The van der Waals surface area contributed by atoms with Crippen LogP contribution in [-0.2, 0) is 16.1 Å².